The molecule has 0 saturated heterocycles. The van der Waals surface area contributed by atoms with Gasteiger partial charge < -0.3 is 8.98 Å². The molecule has 4 heteroatoms. The van der Waals surface area contributed by atoms with E-state index < -0.39 is 0 Å². The molecule has 3 heterocycles. The topological polar surface area (TPSA) is 43.9 Å². The van der Waals surface area contributed by atoms with E-state index in [9.17, 15) is 0 Å². The van der Waals surface area contributed by atoms with Crippen LogP contribution in [0.4, 0.5) is 0 Å². The Balaban J connectivity index is 1.15. The molecule has 3 aromatic heterocycles. The Morgan fingerprint density at radius 1 is 0.420 bits per heavy atom. The zero-order valence-electron chi connectivity index (χ0n) is 26.8. The summed E-state index contributed by atoms with van der Waals surface area (Å²) >= 11 is 0. The standard InChI is InChI=1S/C46H27N3O/c1-2-10-28(11-3-1)31-14-6-15-32(26-31)45-35-18-4-5-19-36(35)47-46(48-45)33-16-7-17-34(27-33)49-37-24-22-29-12-8-20-39-41(29)43(37)44-38(49)25-23-30-13-9-21-40(50-39)42(30)44/h1-27H. The van der Waals surface area contributed by atoms with Crippen molar-refractivity contribution in [2.75, 3.05) is 0 Å². The van der Waals surface area contributed by atoms with Gasteiger partial charge in [0.1, 0.15) is 11.2 Å². The summed E-state index contributed by atoms with van der Waals surface area (Å²) in [6.07, 6.45) is 0. The van der Waals surface area contributed by atoms with Crippen LogP contribution >= 0.6 is 0 Å². The van der Waals surface area contributed by atoms with Gasteiger partial charge in [0.25, 0.3) is 0 Å². The highest BCUT2D eigenvalue weighted by Crippen LogP contribution is 2.45. The number of fused-ring (bicyclic) bond motifs is 1. The fourth-order valence-electron chi connectivity index (χ4n) is 7.93. The Bertz CT molecular complexity index is 2990. The molecule has 8 aromatic carbocycles. The molecule has 0 atom stereocenters. The monoisotopic (exact) mass is 637 g/mol. The van der Waals surface area contributed by atoms with Crippen LogP contribution in [0.25, 0.3) is 105 Å². The van der Waals surface area contributed by atoms with Crippen molar-refractivity contribution in [2.45, 2.75) is 0 Å². The predicted octanol–water partition coefficient (Wildman–Crippen LogP) is 12.2. The van der Waals surface area contributed by atoms with E-state index in [0.717, 1.165) is 71.9 Å². The van der Waals surface area contributed by atoms with Crippen molar-refractivity contribution < 1.29 is 4.42 Å². The van der Waals surface area contributed by atoms with E-state index in [1.165, 1.54) is 27.1 Å². The van der Waals surface area contributed by atoms with Gasteiger partial charge in [-0.05, 0) is 70.4 Å². The van der Waals surface area contributed by atoms with Crippen molar-refractivity contribution in [3.05, 3.63) is 164 Å². The number of benzene rings is 8. The lowest BCUT2D eigenvalue weighted by molar-refractivity contribution is 0.664. The minimum Gasteiger partial charge on any atom is -0.456 e. The minimum absolute atomic E-state index is 0.696. The van der Waals surface area contributed by atoms with Crippen LogP contribution in [0.3, 0.4) is 0 Å². The molecule has 0 aliphatic heterocycles. The van der Waals surface area contributed by atoms with Crippen molar-refractivity contribution in [3.8, 4) is 39.5 Å². The van der Waals surface area contributed by atoms with Crippen LogP contribution in [0.1, 0.15) is 0 Å². The Morgan fingerprint density at radius 2 is 1.04 bits per heavy atom. The lowest BCUT2D eigenvalue weighted by Gasteiger charge is -2.13. The quantitative estimate of drug-likeness (QED) is 0.193. The van der Waals surface area contributed by atoms with Gasteiger partial charge in [-0.15, -0.1) is 0 Å². The second kappa shape index (κ2) is 10.4. The summed E-state index contributed by atoms with van der Waals surface area (Å²) in [5.74, 6) is 0.696. The molecular formula is C46H27N3O. The van der Waals surface area contributed by atoms with E-state index in [4.69, 9.17) is 14.4 Å². The Hall–Kier alpha value is -6.78. The summed E-state index contributed by atoms with van der Waals surface area (Å²) in [6, 6.07) is 57.6. The molecule has 0 bridgehead atoms. The molecule has 0 saturated carbocycles. The summed E-state index contributed by atoms with van der Waals surface area (Å²) < 4.78 is 9.01. The Morgan fingerprint density at radius 3 is 1.80 bits per heavy atom. The Labute approximate surface area is 286 Å². The zero-order chi connectivity index (χ0) is 32.8. The van der Waals surface area contributed by atoms with E-state index in [-0.39, 0.29) is 0 Å². The second-order valence-electron chi connectivity index (χ2n) is 13.0. The molecular weight excluding hydrogens is 611 g/mol. The van der Waals surface area contributed by atoms with Crippen LogP contribution in [0.2, 0.25) is 0 Å². The maximum atomic E-state index is 6.63. The SMILES string of the molecule is c1ccc(-c2cccc(-c3nc(-c4cccc(-n5c6ccc7cccc8oc9cccc%10ccc5c(c%109)c6c78)c4)nc4ccccc34)c2)cc1. The molecule has 4 nitrogen and oxygen atoms in total. The van der Waals surface area contributed by atoms with Gasteiger partial charge in [0.05, 0.1) is 22.2 Å². The summed E-state index contributed by atoms with van der Waals surface area (Å²) in [5.41, 5.74) is 11.3. The molecule has 50 heavy (non-hydrogen) atoms. The fraction of sp³-hybridized carbons (Fsp3) is 0. The number of para-hydroxylation sites is 1. The lowest BCUT2D eigenvalue weighted by atomic mass is 9.99. The minimum atomic E-state index is 0.696. The fourth-order valence-corrected chi connectivity index (χ4v) is 7.93. The highest BCUT2D eigenvalue weighted by molar-refractivity contribution is 6.33. The summed E-state index contributed by atoms with van der Waals surface area (Å²) in [7, 11) is 0. The van der Waals surface area contributed by atoms with Gasteiger partial charge in [-0.25, -0.2) is 9.97 Å². The largest absolute Gasteiger partial charge is 0.456 e. The molecule has 11 rings (SSSR count). The first-order chi connectivity index (χ1) is 24.8. The van der Waals surface area contributed by atoms with Crippen molar-refractivity contribution in [1.82, 2.24) is 14.5 Å². The summed E-state index contributed by atoms with van der Waals surface area (Å²) in [4.78, 5) is 10.4. The average molecular weight is 638 g/mol. The zero-order valence-corrected chi connectivity index (χ0v) is 26.8. The maximum absolute atomic E-state index is 6.63. The van der Waals surface area contributed by atoms with E-state index in [1.807, 2.05) is 12.1 Å². The van der Waals surface area contributed by atoms with E-state index in [1.54, 1.807) is 0 Å². The van der Waals surface area contributed by atoms with Gasteiger partial charge in [0.15, 0.2) is 5.82 Å². The van der Waals surface area contributed by atoms with Gasteiger partial charge in [0, 0.05) is 43.7 Å². The molecule has 0 aliphatic carbocycles. The molecule has 0 spiro atoms. The van der Waals surface area contributed by atoms with Crippen LogP contribution in [0.15, 0.2) is 168 Å². The smallest absolute Gasteiger partial charge is 0.160 e. The van der Waals surface area contributed by atoms with Gasteiger partial charge in [-0.3, -0.25) is 0 Å². The van der Waals surface area contributed by atoms with E-state index >= 15 is 0 Å². The third-order valence-electron chi connectivity index (χ3n) is 10.1. The second-order valence-corrected chi connectivity index (χ2v) is 13.0. The first kappa shape index (κ1) is 27.2. The molecule has 232 valence electrons. The number of aromatic nitrogens is 3. The summed E-state index contributed by atoms with van der Waals surface area (Å²) in [6.45, 7) is 0. The van der Waals surface area contributed by atoms with Crippen LogP contribution in [-0.2, 0) is 0 Å². The van der Waals surface area contributed by atoms with Crippen molar-refractivity contribution in [3.63, 3.8) is 0 Å². The molecule has 0 fully saturated rings. The number of nitrogens with zero attached hydrogens (tertiary/aromatic N) is 3. The molecule has 0 unspecified atom stereocenters. The van der Waals surface area contributed by atoms with Crippen molar-refractivity contribution in [1.29, 1.82) is 0 Å². The molecule has 0 radical (unpaired) electrons. The van der Waals surface area contributed by atoms with Crippen LogP contribution in [0, 0.1) is 0 Å². The van der Waals surface area contributed by atoms with Gasteiger partial charge in [-0.2, -0.15) is 0 Å². The normalized spacial score (nSPS) is 12.0. The third kappa shape index (κ3) is 3.93. The van der Waals surface area contributed by atoms with Crippen LogP contribution in [0.5, 0.6) is 0 Å². The number of rotatable bonds is 4. The summed E-state index contributed by atoms with van der Waals surface area (Å²) in [5, 5.41) is 8.10. The predicted molar refractivity (Wildman–Crippen MR) is 206 cm³/mol. The molecule has 0 N–H and O–H groups in total. The van der Waals surface area contributed by atoms with Crippen molar-refractivity contribution in [2.24, 2.45) is 0 Å². The van der Waals surface area contributed by atoms with E-state index in [0.29, 0.717) is 5.82 Å². The highest BCUT2D eigenvalue weighted by atomic mass is 16.3. The van der Waals surface area contributed by atoms with Crippen LogP contribution in [-0.4, -0.2) is 14.5 Å². The molecule has 11 aromatic rings. The van der Waals surface area contributed by atoms with E-state index in [2.05, 4.69) is 156 Å². The van der Waals surface area contributed by atoms with Gasteiger partial charge in [-0.1, -0.05) is 115 Å². The lowest BCUT2D eigenvalue weighted by Crippen LogP contribution is -1.98. The van der Waals surface area contributed by atoms with Gasteiger partial charge in [0.2, 0.25) is 0 Å². The van der Waals surface area contributed by atoms with Crippen LogP contribution < -0.4 is 0 Å². The third-order valence-corrected chi connectivity index (χ3v) is 10.1. The number of hydrogen-bond acceptors (Lipinski definition) is 3. The maximum Gasteiger partial charge on any atom is 0.160 e. The highest BCUT2D eigenvalue weighted by Gasteiger charge is 2.22. The first-order valence-corrected chi connectivity index (χ1v) is 16.9. The number of hydrogen-bond donors (Lipinski definition) is 0. The molecule has 0 aliphatic rings. The van der Waals surface area contributed by atoms with Gasteiger partial charge >= 0.3 is 0 Å². The first-order valence-electron chi connectivity index (χ1n) is 16.9. The average Bonchev–Trinajstić information content (AvgIpc) is 3.44. The Kier molecular flexibility index (Phi) is 5.63. The molecule has 0 amide bonds. The van der Waals surface area contributed by atoms with Crippen molar-refractivity contribution >= 4 is 65.4 Å².